The van der Waals surface area contributed by atoms with Gasteiger partial charge in [0.2, 0.25) is 0 Å². The Morgan fingerprint density at radius 3 is 1.44 bits per heavy atom. The fourth-order valence-corrected chi connectivity index (χ4v) is 7.14. The summed E-state index contributed by atoms with van der Waals surface area (Å²) in [6, 6.07) is 50.1. The van der Waals surface area contributed by atoms with Crippen molar-refractivity contribution in [1.29, 1.82) is 0 Å². The lowest BCUT2D eigenvalue weighted by atomic mass is 9.97. The van der Waals surface area contributed by atoms with Gasteiger partial charge in [0, 0.05) is 38.6 Å². The fraction of sp³-hybridized carbons (Fsp3) is 0. The van der Waals surface area contributed by atoms with Crippen LogP contribution in [0.3, 0.4) is 0 Å². The molecule has 8 aromatic carbocycles. The first-order valence-corrected chi connectivity index (χ1v) is 18.0. The molecule has 0 N–H and O–H groups in total. The summed E-state index contributed by atoms with van der Waals surface area (Å²) in [5, 5.41) is 0.271. The third kappa shape index (κ3) is 5.96. The highest BCUT2D eigenvalue weighted by atomic mass is 15.0. The van der Waals surface area contributed by atoms with Gasteiger partial charge in [-0.2, -0.15) is 0 Å². The Hall–Kier alpha value is -7.43. The molecule has 0 bridgehead atoms. The molecule has 0 saturated carbocycles. The zero-order chi connectivity index (χ0) is 42.6. The first-order chi connectivity index (χ1) is 30.2. The number of fused-ring (bicyclic) bond motifs is 3. The predicted octanol–water partition coefficient (Wildman–Crippen LogP) is 13.0. The zero-order valence-electron chi connectivity index (χ0n) is 36.4. The quantitative estimate of drug-likeness (QED) is 0.165. The third-order valence-electron chi connectivity index (χ3n) is 9.77. The largest absolute Gasteiger partial charge is 0.308 e. The van der Waals surface area contributed by atoms with E-state index in [0.717, 1.165) is 27.8 Å². The van der Waals surface area contributed by atoms with Crippen LogP contribution >= 0.6 is 0 Å². The van der Waals surface area contributed by atoms with Crippen molar-refractivity contribution < 1.29 is 9.60 Å². The van der Waals surface area contributed by atoms with Gasteiger partial charge in [0.25, 0.3) is 0 Å². The summed E-state index contributed by atoms with van der Waals surface area (Å²) in [7, 11) is 0. The van der Waals surface area contributed by atoms with E-state index in [4.69, 9.17) is 19.1 Å². The van der Waals surface area contributed by atoms with Gasteiger partial charge in [0.1, 0.15) is 0 Å². The van der Waals surface area contributed by atoms with Crippen LogP contribution in [0.5, 0.6) is 0 Å². The Kier molecular flexibility index (Phi) is 6.43. The number of rotatable bonds is 7. The normalized spacial score (nSPS) is 13.1. The van der Waals surface area contributed by atoms with E-state index in [1.807, 2.05) is 164 Å². The van der Waals surface area contributed by atoms with Crippen molar-refractivity contribution >= 4 is 21.8 Å². The first-order valence-electron chi connectivity index (χ1n) is 21.5. The molecule has 0 aliphatic heterocycles. The maximum atomic E-state index is 9.39. The van der Waals surface area contributed by atoms with E-state index in [1.165, 1.54) is 0 Å². The highest BCUT2D eigenvalue weighted by Crippen LogP contribution is 2.42. The average Bonchev–Trinajstić information content (AvgIpc) is 3.68. The monoisotopic (exact) mass is 709 g/mol. The van der Waals surface area contributed by atoms with E-state index >= 15 is 0 Å². The molecule has 258 valence electrons. The van der Waals surface area contributed by atoms with Gasteiger partial charge in [0.05, 0.1) is 26.3 Å². The minimum Gasteiger partial charge on any atom is -0.308 e. The van der Waals surface area contributed by atoms with Crippen molar-refractivity contribution in [1.82, 2.24) is 19.5 Å². The lowest BCUT2D eigenvalue weighted by Gasteiger charge is -2.18. The summed E-state index contributed by atoms with van der Waals surface area (Å²) in [5.41, 5.74) is 7.74. The minimum absolute atomic E-state index is 0.105. The Labute approximate surface area is 329 Å². The van der Waals surface area contributed by atoms with Crippen molar-refractivity contribution in [2.45, 2.75) is 0 Å². The van der Waals surface area contributed by atoms with Crippen LogP contribution in [-0.4, -0.2) is 19.5 Å². The van der Waals surface area contributed by atoms with E-state index < -0.39 is 12.1 Å². The van der Waals surface area contributed by atoms with Crippen molar-refractivity contribution in [2.75, 3.05) is 0 Å². The molecule has 4 nitrogen and oxygen atoms in total. The van der Waals surface area contributed by atoms with Crippen LogP contribution in [-0.2, 0) is 0 Å². The molecule has 10 aromatic rings. The summed E-state index contributed by atoms with van der Waals surface area (Å²) in [6.45, 7) is 0. The van der Waals surface area contributed by atoms with Gasteiger partial charge in [-0.15, -0.1) is 0 Å². The van der Waals surface area contributed by atoms with Crippen molar-refractivity contribution in [2.24, 2.45) is 0 Å². The molecule has 0 saturated heterocycles. The van der Waals surface area contributed by atoms with Crippen LogP contribution in [0.15, 0.2) is 206 Å². The van der Waals surface area contributed by atoms with Crippen LogP contribution in [0.2, 0.25) is 0 Å². The van der Waals surface area contributed by atoms with Crippen molar-refractivity contribution in [3.8, 4) is 73.2 Å². The second kappa shape index (κ2) is 13.8. The minimum atomic E-state index is -0.450. The zero-order valence-corrected chi connectivity index (χ0v) is 29.4. The molecule has 0 unspecified atom stereocenters. The summed E-state index contributed by atoms with van der Waals surface area (Å²) >= 11 is 0. The van der Waals surface area contributed by atoms with Crippen LogP contribution in [0.25, 0.3) is 95.0 Å². The standard InChI is InChI=1S/C51H34N4/c1-5-16-35(17-6-1)36-28-30-38(31-29-36)45-34-41(51-53-49(39-20-9-3-10-21-39)52-50(54-51)40-22-11-4-12-23-40)32-33-47(45)55-46-27-14-13-24-43(46)44-26-15-25-42(48(44)55)37-18-7-2-8-19-37/h1-34H/i13D,14D,15D,24D,25D,26D,27D. The number of para-hydroxylation sites is 2. The summed E-state index contributed by atoms with van der Waals surface area (Å²) < 4.78 is 65.5. The lowest BCUT2D eigenvalue weighted by molar-refractivity contribution is 1.07. The van der Waals surface area contributed by atoms with E-state index in [0.29, 0.717) is 50.9 Å². The van der Waals surface area contributed by atoms with Crippen LogP contribution < -0.4 is 0 Å². The SMILES string of the molecule is [2H]c1c([2H])c([2H])c2c(c1[2H])c1c([2H])c([2H])c([2H])c(-c3ccccc3)c1n2-c1ccc(-c2nc(-c3ccccc3)nc(-c3ccccc3)n2)cc1-c1ccc(-c2ccccc2)cc1. The van der Waals surface area contributed by atoms with E-state index in [2.05, 4.69) is 0 Å². The number of hydrogen-bond donors (Lipinski definition) is 0. The van der Waals surface area contributed by atoms with E-state index in [-0.39, 0.29) is 46.5 Å². The van der Waals surface area contributed by atoms with Crippen molar-refractivity contribution in [3.05, 3.63) is 206 Å². The Morgan fingerprint density at radius 2 is 0.818 bits per heavy atom. The molecule has 10 rings (SSSR count). The molecule has 0 radical (unpaired) electrons. The smallest absolute Gasteiger partial charge is 0.164 e. The van der Waals surface area contributed by atoms with E-state index in [1.54, 1.807) is 4.57 Å². The third-order valence-corrected chi connectivity index (χ3v) is 9.77. The molecule has 0 atom stereocenters. The molecule has 2 heterocycles. The molecular formula is C51H34N4. The summed E-state index contributed by atoms with van der Waals surface area (Å²) in [5.74, 6) is 1.41. The van der Waals surface area contributed by atoms with Crippen LogP contribution in [0.1, 0.15) is 9.60 Å². The Morgan fingerprint density at radius 1 is 0.364 bits per heavy atom. The Balaban J connectivity index is 1.32. The molecule has 0 aliphatic rings. The van der Waals surface area contributed by atoms with Gasteiger partial charge in [-0.05, 0) is 46.5 Å². The molecule has 0 fully saturated rings. The second-order valence-electron chi connectivity index (χ2n) is 13.1. The summed E-state index contributed by atoms with van der Waals surface area (Å²) in [6.07, 6.45) is 0. The fourth-order valence-electron chi connectivity index (χ4n) is 7.14. The highest BCUT2D eigenvalue weighted by Gasteiger charge is 2.21. The maximum absolute atomic E-state index is 9.39. The number of benzene rings is 8. The molecular weight excluding hydrogens is 669 g/mol. The summed E-state index contributed by atoms with van der Waals surface area (Å²) in [4.78, 5) is 14.9. The molecule has 2 aromatic heterocycles. The highest BCUT2D eigenvalue weighted by molar-refractivity contribution is 6.14. The van der Waals surface area contributed by atoms with Gasteiger partial charge in [-0.1, -0.05) is 182 Å². The molecule has 55 heavy (non-hydrogen) atoms. The van der Waals surface area contributed by atoms with Gasteiger partial charge in [-0.3, -0.25) is 0 Å². The van der Waals surface area contributed by atoms with Crippen molar-refractivity contribution in [3.63, 3.8) is 0 Å². The van der Waals surface area contributed by atoms with E-state index in [9.17, 15) is 5.48 Å². The number of hydrogen-bond acceptors (Lipinski definition) is 3. The number of nitrogens with zero attached hydrogens (tertiary/aromatic N) is 4. The lowest BCUT2D eigenvalue weighted by Crippen LogP contribution is -2.02. The number of aromatic nitrogens is 4. The maximum Gasteiger partial charge on any atom is 0.164 e. The second-order valence-corrected chi connectivity index (χ2v) is 13.1. The topological polar surface area (TPSA) is 43.6 Å². The van der Waals surface area contributed by atoms with Crippen LogP contribution in [0.4, 0.5) is 0 Å². The molecule has 0 amide bonds. The molecule has 4 heteroatoms. The molecule has 0 spiro atoms. The van der Waals surface area contributed by atoms with Gasteiger partial charge >= 0.3 is 0 Å². The average molecular weight is 710 g/mol. The van der Waals surface area contributed by atoms with Crippen LogP contribution in [0, 0.1) is 0 Å². The Bertz CT molecular complexity index is 3280. The molecule has 0 aliphatic carbocycles. The first kappa shape index (κ1) is 25.5. The predicted molar refractivity (Wildman–Crippen MR) is 227 cm³/mol. The van der Waals surface area contributed by atoms with Gasteiger partial charge in [0.15, 0.2) is 17.5 Å². The van der Waals surface area contributed by atoms with Gasteiger partial charge in [-0.25, -0.2) is 15.0 Å². The van der Waals surface area contributed by atoms with Gasteiger partial charge < -0.3 is 4.57 Å².